The largest absolute Gasteiger partial charge is 0.373 e. The number of anilines is 1. The highest BCUT2D eigenvalue weighted by Crippen LogP contribution is 2.23. The van der Waals surface area contributed by atoms with Gasteiger partial charge in [-0.1, -0.05) is 6.07 Å². The Bertz CT molecular complexity index is 455. The number of hydrogen-bond acceptors (Lipinski definition) is 4. The van der Waals surface area contributed by atoms with E-state index in [9.17, 15) is 4.79 Å². The van der Waals surface area contributed by atoms with Gasteiger partial charge in [0.15, 0.2) is 0 Å². The van der Waals surface area contributed by atoms with E-state index in [-0.39, 0.29) is 5.91 Å². The molecule has 0 unspecified atom stereocenters. The summed E-state index contributed by atoms with van der Waals surface area (Å²) in [4.78, 5) is 20.5. The molecule has 1 aromatic rings. The summed E-state index contributed by atoms with van der Waals surface area (Å²) in [5.74, 6) is 1.04. The molecule has 0 radical (unpaired) electrons. The topological polar surface area (TPSA) is 48.5 Å². The van der Waals surface area contributed by atoms with Crippen LogP contribution in [0.5, 0.6) is 0 Å². The summed E-state index contributed by atoms with van der Waals surface area (Å²) in [7, 11) is 3.72. The number of hydrogen-bond donors (Lipinski definition) is 1. The number of carbonyl (C=O) groups is 1. The van der Waals surface area contributed by atoms with Gasteiger partial charge in [0.2, 0.25) is 5.91 Å². The maximum atomic E-state index is 12.2. The first-order valence-corrected chi connectivity index (χ1v) is 6.58. The molecular weight excluding hydrogens is 240 g/mol. The van der Waals surface area contributed by atoms with Gasteiger partial charge in [0.25, 0.3) is 0 Å². The maximum Gasteiger partial charge on any atom is 0.242 e. The molecule has 1 N–H and O–H groups in total. The van der Waals surface area contributed by atoms with E-state index < -0.39 is 5.54 Å². The van der Waals surface area contributed by atoms with Gasteiger partial charge in [-0.2, -0.15) is 0 Å². The maximum absolute atomic E-state index is 12.2. The standard InChI is InChI=1S/C14H22N4O/c1-14(2)13(19)17(4)7-8-18(14)10-11-5-6-12(15-3)16-9-11/h5-6,9H,7-8,10H2,1-4H3,(H,15,16). The number of pyridine rings is 1. The van der Waals surface area contributed by atoms with Crippen LogP contribution < -0.4 is 5.32 Å². The monoisotopic (exact) mass is 262 g/mol. The first-order valence-electron chi connectivity index (χ1n) is 6.58. The zero-order valence-corrected chi connectivity index (χ0v) is 12.1. The molecule has 104 valence electrons. The number of nitrogens with zero attached hydrogens (tertiary/aromatic N) is 3. The fourth-order valence-electron chi connectivity index (χ4n) is 2.42. The minimum Gasteiger partial charge on any atom is -0.373 e. The Morgan fingerprint density at radius 2 is 2.11 bits per heavy atom. The van der Waals surface area contributed by atoms with Gasteiger partial charge in [-0.15, -0.1) is 0 Å². The molecule has 0 spiro atoms. The van der Waals surface area contributed by atoms with E-state index in [2.05, 4.69) is 21.3 Å². The van der Waals surface area contributed by atoms with E-state index in [4.69, 9.17) is 0 Å². The number of rotatable bonds is 3. The number of amides is 1. The molecular formula is C14H22N4O. The molecule has 2 rings (SSSR count). The van der Waals surface area contributed by atoms with Crippen LogP contribution >= 0.6 is 0 Å². The van der Waals surface area contributed by atoms with E-state index in [0.717, 1.165) is 31.0 Å². The van der Waals surface area contributed by atoms with Gasteiger partial charge in [0.1, 0.15) is 5.82 Å². The third-order valence-corrected chi connectivity index (χ3v) is 3.82. The highest BCUT2D eigenvalue weighted by Gasteiger charge is 2.40. The Morgan fingerprint density at radius 3 is 2.68 bits per heavy atom. The van der Waals surface area contributed by atoms with Gasteiger partial charge >= 0.3 is 0 Å². The number of carbonyl (C=O) groups excluding carboxylic acids is 1. The SMILES string of the molecule is CNc1ccc(CN2CCN(C)C(=O)C2(C)C)cn1. The molecule has 0 aliphatic carbocycles. The van der Waals surface area contributed by atoms with Crippen LogP contribution in [0.1, 0.15) is 19.4 Å². The van der Waals surface area contributed by atoms with Crippen molar-refractivity contribution in [2.45, 2.75) is 25.9 Å². The second-order valence-electron chi connectivity index (χ2n) is 5.51. The fourth-order valence-corrected chi connectivity index (χ4v) is 2.42. The minimum atomic E-state index is -0.450. The zero-order chi connectivity index (χ0) is 14.0. The lowest BCUT2D eigenvalue weighted by Gasteiger charge is -2.44. The van der Waals surface area contributed by atoms with Gasteiger partial charge < -0.3 is 10.2 Å². The van der Waals surface area contributed by atoms with Crippen LogP contribution in [0.2, 0.25) is 0 Å². The second kappa shape index (κ2) is 5.17. The molecule has 1 fully saturated rings. The smallest absolute Gasteiger partial charge is 0.242 e. The summed E-state index contributed by atoms with van der Waals surface area (Å²) in [5.41, 5.74) is 0.679. The fraction of sp³-hybridized carbons (Fsp3) is 0.571. The van der Waals surface area contributed by atoms with Crippen molar-refractivity contribution < 1.29 is 4.79 Å². The lowest BCUT2D eigenvalue weighted by molar-refractivity contribution is -0.147. The molecule has 1 amide bonds. The number of aromatic nitrogens is 1. The van der Waals surface area contributed by atoms with Crippen LogP contribution in [0.15, 0.2) is 18.3 Å². The van der Waals surface area contributed by atoms with Crippen LogP contribution in [0.3, 0.4) is 0 Å². The number of nitrogens with one attached hydrogen (secondary N) is 1. The van der Waals surface area contributed by atoms with Crippen LogP contribution in [0.25, 0.3) is 0 Å². The van der Waals surface area contributed by atoms with Crippen LogP contribution in [-0.2, 0) is 11.3 Å². The molecule has 1 saturated heterocycles. The van der Waals surface area contributed by atoms with Crippen molar-refractivity contribution in [3.8, 4) is 0 Å². The van der Waals surface area contributed by atoms with Gasteiger partial charge in [0.05, 0.1) is 5.54 Å². The Labute approximate surface area is 114 Å². The second-order valence-corrected chi connectivity index (χ2v) is 5.51. The van der Waals surface area contributed by atoms with Crippen LogP contribution in [-0.4, -0.2) is 53.4 Å². The molecule has 5 heteroatoms. The third-order valence-electron chi connectivity index (χ3n) is 3.82. The average Bonchev–Trinajstić information content (AvgIpc) is 2.41. The highest BCUT2D eigenvalue weighted by atomic mass is 16.2. The van der Waals surface area contributed by atoms with E-state index in [0.29, 0.717) is 0 Å². The van der Waals surface area contributed by atoms with Gasteiger partial charge in [-0.05, 0) is 25.5 Å². The van der Waals surface area contributed by atoms with Crippen LogP contribution in [0.4, 0.5) is 5.82 Å². The molecule has 0 saturated carbocycles. The van der Waals surface area contributed by atoms with E-state index in [1.165, 1.54) is 0 Å². The molecule has 0 aromatic carbocycles. The van der Waals surface area contributed by atoms with Crippen molar-refractivity contribution in [1.29, 1.82) is 0 Å². The van der Waals surface area contributed by atoms with Crippen molar-refractivity contribution in [3.63, 3.8) is 0 Å². The predicted octanol–water partition coefficient (Wildman–Crippen LogP) is 1.18. The Balaban J connectivity index is 2.11. The summed E-state index contributed by atoms with van der Waals surface area (Å²) < 4.78 is 0. The van der Waals surface area contributed by atoms with E-state index in [1.807, 2.05) is 40.2 Å². The molecule has 1 aliphatic heterocycles. The van der Waals surface area contributed by atoms with Gasteiger partial charge in [-0.25, -0.2) is 4.98 Å². The van der Waals surface area contributed by atoms with Crippen LogP contribution in [0, 0.1) is 0 Å². The quantitative estimate of drug-likeness (QED) is 0.888. The third kappa shape index (κ3) is 2.71. The molecule has 5 nitrogen and oxygen atoms in total. The number of piperazine rings is 1. The number of likely N-dealkylation sites (N-methyl/N-ethyl adjacent to an activating group) is 1. The van der Waals surface area contributed by atoms with Crippen molar-refractivity contribution >= 4 is 11.7 Å². The molecule has 1 aliphatic rings. The van der Waals surface area contributed by atoms with Crippen molar-refractivity contribution in [1.82, 2.24) is 14.8 Å². The first kappa shape index (κ1) is 13.8. The van der Waals surface area contributed by atoms with E-state index in [1.54, 1.807) is 4.90 Å². The lowest BCUT2D eigenvalue weighted by atomic mass is 9.97. The van der Waals surface area contributed by atoms with Crippen molar-refractivity contribution in [2.75, 3.05) is 32.5 Å². The molecule has 2 heterocycles. The summed E-state index contributed by atoms with van der Waals surface area (Å²) in [6, 6.07) is 4.01. The highest BCUT2D eigenvalue weighted by molar-refractivity contribution is 5.86. The molecule has 0 atom stereocenters. The average molecular weight is 262 g/mol. The van der Waals surface area contributed by atoms with Gasteiger partial charge in [-0.3, -0.25) is 9.69 Å². The summed E-state index contributed by atoms with van der Waals surface area (Å²) in [6.07, 6.45) is 1.87. The zero-order valence-electron chi connectivity index (χ0n) is 12.1. The van der Waals surface area contributed by atoms with Gasteiger partial charge in [0, 0.05) is 39.9 Å². The van der Waals surface area contributed by atoms with Crippen molar-refractivity contribution in [2.24, 2.45) is 0 Å². The Morgan fingerprint density at radius 1 is 1.37 bits per heavy atom. The summed E-state index contributed by atoms with van der Waals surface area (Å²) in [6.45, 7) is 6.40. The Hall–Kier alpha value is -1.62. The molecule has 0 bridgehead atoms. The van der Waals surface area contributed by atoms with E-state index >= 15 is 0 Å². The normalized spacial score (nSPS) is 19.6. The lowest BCUT2D eigenvalue weighted by Crippen LogP contribution is -2.61. The molecule has 19 heavy (non-hydrogen) atoms. The summed E-state index contributed by atoms with van der Waals surface area (Å²) >= 11 is 0. The predicted molar refractivity (Wildman–Crippen MR) is 75.9 cm³/mol. The first-order chi connectivity index (χ1) is 8.95. The summed E-state index contributed by atoms with van der Waals surface area (Å²) in [5, 5.41) is 3.00. The minimum absolute atomic E-state index is 0.179. The Kier molecular flexibility index (Phi) is 3.75. The molecule has 1 aromatic heterocycles. The van der Waals surface area contributed by atoms with Crippen molar-refractivity contribution in [3.05, 3.63) is 23.9 Å².